The summed E-state index contributed by atoms with van der Waals surface area (Å²) in [4.78, 5) is 14.1. The van der Waals surface area contributed by atoms with Crippen molar-refractivity contribution in [1.82, 2.24) is 19.6 Å². The van der Waals surface area contributed by atoms with E-state index in [-0.39, 0.29) is 0 Å². The number of rotatable bonds is 1. The quantitative estimate of drug-likeness (QED) is 0.531. The minimum atomic E-state index is 0.496. The van der Waals surface area contributed by atoms with E-state index >= 15 is 0 Å². The van der Waals surface area contributed by atoms with Gasteiger partial charge >= 0.3 is 0 Å². The van der Waals surface area contributed by atoms with Crippen LogP contribution >= 0.6 is 0 Å². The number of fused-ring (bicyclic) bond motifs is 1. The van der Waals surface area contributed by atoms with Gasteiger partial charge in [-0.2, -0.15) is 0 Å². The van der Waals surface area contributed by atoms with Gasteiger partial charge in [-0.15, -0.1) is 10.2 Å². The van der Waals surface area contributed by atoms with E-state index in [9.17, 15) is 4.79 Å². The Morgan fingerprint density at radius 3 is 3.27 bits per heavy atom. The maximum Gasteiger partial charge on any atom is 0.254 e. The molecule has 0 amide bonds. The summed E-state index contributed by atoms with van der Waals surface area (Å²) in [5.74, 6) is 0.496. The Kier molecular flexibility index (Phi) is 1.15. The molecule has 0 aliphatic carbocycles. The molecule has 54 valence electrons. The second-order valence-corrected chi connectivity index (χ2v) is 2.04. The number of carbonyl (C=O) groups excluding carboxylic acids is 1. The van der Waals surface area contributed by atoms with Crippen molar-refractivity contribution in [2.24, 2.45) is 0 Å². The first-order valence-electron chi connectivity index (χ1n) is 3.01. The maximum atomic E-state index is 10.3. The van der Waals surface area contributed by atoms with Crippen molar-refractivity contribution in [3.8, 4) is 0 Å². The third-order valence-electron chi connectivity index (χ3n) is 1.31. The Morgan fingerprint density at radius 1 is 1.55 bits per heavy atom. The third-order valence-corrected chi connectivity index (χ3v) is 1.31. The summed E-state index contributed by atoms with van der Waals surface area (Å²) in [5, 5.41) is 7.29. The van der Waals surface area contributed by atoms with Gasteiger partial charge in [-0.25, -0.2) is 4.98 Å². The molecule has 0 saturated carbocycles. The van der Waals surface area contributed by atoms with E-state index in [1.807, 2.05) is 0 Å². The smallest absolute Gasteiger partial charge is 0.254 e. The van der Waals surface area contributed by atoms with Gasteiger partial charge in [0.1, 0.15) is 6.33 Å². The maximum absolute atomic E-state index is 10.3. The van der Waals surface area contributed by atoms with Gasteiger partial charge < -0.3 is 0 Å². The van der Waals surface area contributed by atoms with E-state index in [0.717, 1.165) is 6.29 Å². The fraction of sp³-hybridized carbons (Fsp3) is 0. The van der Waals surface area contributed by atoms with E-state index in [1.165, 1.54) is 12.5 Å². The SMILES string of the molecule is O=Cc1cnc2nncn2c1. The van der Waals surface area contributed by atoms with Crippen LogP contribution in [0.25, 0.3) is 5.78 Å². The van der Waals surface area contributed by atoms with Crippen LogP contribution in [-0.4, -0.2) is 25.9 Å². The number of aromatic nitrogens is 4. The van der Waals surface area contributed by atoms with Gasteiger partial charge in [-0.1, -0.05) is 0 Å². The lowest BCUT2D eigenvalue weighted by Gasteiger charge is -1.89. The topological polar surface area (TPSA) is 60.2 Å². The van der Waals surface area contributed by atoms with Crippen molar-refractivity contribution in [1.29, 1.82) is 0 Å². The summed E-state index contributed by atoms with van der Waals surface area (Å²) in [6.45, 7) is 0. The van der Waals surface area contributed by atoms with Gasteiger partial charge in [-0.05, 0) is 0 Å². The second-order valence-electron chi connectivity index (χ2n) is 2.04. The van der Waals surface area contributed by atoms with Crippen LogP contribution in [0.15, 0.2) is 18.7 Å². The van der Waals surface area contributed by atoms with Crippen molar-refractivity contribution < 1.29 is 4.79 Å². The Balaban J connectivity index is 2.76. The zero-order valence-electron chi connectivity index (χ0n) is 5.51. The molecule has 5 nitrogen and oxygen atoms in total. The fourth-order valence-electron chi connectivity index (χ4n) is 0.807. The van der Waals surface area contributed by atoms with Gasteiger partial charge in [0, 0.05) is 18.0 Å². The summed E-state index contributed by atoms with van der Waals surface area (Å²) >= 11 is 0. The first kappa shape index (κ1) is 5.96. The number of hydrogen-bond acceptors (Lipinski definition) is 4. The summed E-state index contributed by atoms with van der Waals surface area (Å²) in [6.07, 6.45) is 5.30. The fourth-order valence-corrected chi connectivity index (χ4v) is 0.807. The lowest BCUT2D eigenvalue weighted by molar-refractivity contribution is 0.112. The zero-order chi connectivity index (χ0) is 7.68. The second kappa shape index (κ2) is 2.12. The Bertz CT molecular complexity index is 394. The molecular formula is C6H4N4O. The normalized spacial score (nSPS) is 10.2. The highest BCUT2D eigenvalue weighted by Gasteiger charge is 1.95. The average molecular weight is 148 g/mol. The predicted octanol–water partition coefficient (Wildman–Crippen LogP) is -0.0632. The highest BCUT2D eigenvalue weighted by molar-refractivity contribution is 5.73. The lowest BCUT2D eigenvalue weighted by atomic mass is 10.4. The van der Waals surface area contributed by atoms with Gasteiger partial charge in [-0.3, -0.25) is 9.20 Å². The molecule has 0 bridgehead atoms. The van der Waals surface area contributed by atoms with E-state index in [0.29, 0.717) is 11.3 Å². The molecule has 0 unspecified atom stereocenters. The molecule has 0 aliphatic rings. The summed E-state index contributed by atoms with van der Waals surface area (Å²) in [7, 11) is 0. The molecule has 0 N–H and O–H groups in total. The molecule has 2 heterocycles. The monoisotopic (exact) mass is 148 g/mol. The van der Waals surface area contributed by atoms with Crippen molar-refractivity contribution in [2.45, 2.75) is 0 Å². The van der Waals surface area contributed by atoms with Crippen LogP contribution in [0.3, 0.4) is 0 Å². The molecule has 2 aromatic heterocycles. The summed E-state index contributed by atoms with van der Waals surface area (Å²) in [5.41, 5.74) is 0.511. The Morgan fingerprint density at radius 2 is 2.45 bits per heavy atom. The standard InChI is InChI=1S/C6H4N4O/c11-3-5-1-7-6-9-8-4-10(6)2-5/h1-4H. The molecule has 5 heteroatoms. The van der Waals surface area contributed by atoms with Gasteiger partial charge in [0.05, 0.1) is 0 Å². The molecule has 0 saturated heterocycles. The molecule has 0 fully saturated rings. The molecular weight excluding hydrogens is 144 g/mol. The van der Waals surface area contributed by atoms with Crippen molar-refractivity contribution in [3.05, 3.63) is 24.3 Å². The highest BCUT2D eigenvalue weighted by atomic mass is 16.1. The largest absolute Gasteiger partial charge is 0.298 e. The van der Waals surface area contributed by atoms with Crippen molar-refractivity contribution >= 4 is 12.1 Å². The van der Waals surface area contributed by atoms with Crippen molar-refractivity contribution in [3.63, 3.8) is 0 Å². The zero-order valence-corrected chi connectivity index (χ0v) is 5.51. The van der Waals surface area contributed by atoms with Crippen molar-refractivity contribution in [2.75, 3.05) is 0 Å². The highest BCUT2D eigenvalue weighted by Crippen LogP contribution is 1.95. The minimum Gasteiger partial charge on any atom is -0.298 e. The Hall–Kier alpha value is -1.78. The summed E-state index contributed by atoms with van der Waals surface area (Å²) < 4.78 is 1.59. The molecule has 2 rings (SSSR count). The Labute approximate surface area is 61.7 Å². The minimum absolute atomic E-state index is 0.496. The first-order valence-corrected chi connectivity index (χ1v) is 3.01. The number of aldehydes is 1. The van der Waals surface area contributed by atoms with E-state index < -0.39 is 0 Å². The van der Waals surface area contributed by atoms with Crippen LogP contribution in [0.2, 0.25) is 0 Å². The van der Waals surface area contributed by atoms with Crippen LogP contribution < -0.4 is 0 Å². The molecule has 0 atom stereocenters. The van der Waals surface area contributed by atoms with Crippen LogP contribution in [0.5, 0.6) is 0 Å². The van der Waals surface area contributed by atoms with Crippen LogP contribution in [0.1, 0.15) is 10.4 Å². The average Bonchev–Trinajstić information content (AvgIpc) is 2.50. The van der Waals surface area contributed by atoms with Gasteiger partial charge in [0.15, 0.2) is 6.29 Å². The molecule has 0 radical (unpaired) electrons. The van der Waals surface area contributed by atoms with Crippen LogP contribution in [0.4, 0.5) is 0 Å². The van der Waals surface area contributed by atoms with Crippen LogP contribution in [0, 0.1) is 0 Å². The summed E-state index contributed by atoms with van der Waals surface area (Å²) in [6, 6.07) is 0. The van der Waals surface area contributed by atoms with E-state index in [4.69, 9.17) is 0 Å². The van der Waals surface area contributed by atoms with E-state index in [1.54, 1.807) is 10.6 Å². The molecule has 2 aromatic rings. The molecule has 0 spiro atoms. The number of carbonyl (C=O) groups is 1. The number of nitrogens with zero attached hydrogens (tertiary/aromatic N) is 4. The molecule has 0 aromatic carbocycles. The lowest BCUT2D eigenvalue weighted by Crippen LogP contribution is -1.90. The number of hydrogen-bond donors (Lipinski definition) is 0. The molecule has 0 aliphatic heterocycles. The van der Waals surface area contributed by atoms with E-state index in [2.05, 4.69) is 15.2 Å². The van der Waals surface area contributed by atoms with Gasteiger partial charge in [0.25, 0.3) is 5.78 Å². The third kappa shape index (κ3) is 0.861. The molecule has 11 heavy (non-hydrogen) atoms. The van der Waals surface area contributed by atoms with Gasteiger partial charge in [0.2, 0.25) is 0 Å². The van der Waals surface area contributed by atoms with Crippen LogP contribution in [-0.2, 0) is 0 Å². The predicted molar refractivity (Wildman–Crippen MR) is 36.2 cm³/mol. The first-order chi connectivity index (χ1) is 5.40.